The smallest absolute Gasteiger partial charge is 0.257 e. The summed E-state index contributed by atoms with van der Waals surface area (Å²) in [5.41, 5.74) is 5.37. The summed E-state index contributed by atoms with van der Waals surface area (Å²) in [4.78, 5) is 17.2. The van der Waals surface area contributed by atoms with E-state index in [0.717, 1.165) is 70.9 Å². The number of nitrogens with one attached hydrogen (secondary N) is 1. The zero-order chi connectivity index (χ0) is 26.7. The van der Waals surface area contributed by atoms with Crippen LogP contribution in [0.3, 0.4) is 0 Å². The molecule has 0 fully saturated rings. The van der Waals surface area contributed by atoms with E-state index in [0.29, 0.717) is 19.6 Å². The molecule has 0 aliphatic carbocycles. The zero-order valence-corrected chi connectivity index (χ0v) is 22.4. The quantitative estimate of drug-likeness (QED) is 0.167. The average Bonchev–Trinajstić information content (AvgIpc) is 3.27. The fourth-order valence-electron chi connectivity index (χ4n) is 4.46. The van der Waals surface area contributed by atoms with Gasteiger partial charge >= 0.3 is 0 Å². The number of aryl methyl sites for hydroxylation is 3. The molecule has 0 spiro atoms. The Morgan fingerprint density at radius 3 is 2.68 bits per heavy atom. The molecule has 0 aliphatic heterocycles. The van der Waals surface area contributed by atoms with Crippen molar-refractivity contribution in [2.45, 2.75) is 46.1 Å². The van der Waals surface area contributed by atoms with Gasteiger partial charge < -0.3 is 19.4 Å². The molecule has 1 aromatic heterocycles. The predicted octanol–water partition coefficient (Wildman–Crippen LogP) is 5.98. The molecule has 1 amide bonds. The lowest BCUT2D eigenvalue weighted by molar-refractivity contribution is -0.123. The van der Waals surface area contributed by atoms with Gasteiger partial charge in [0.1, 0.15) is 17.3 Å². The Morgan fingerprint density at radius 2 is 1.82 bits per heavy atom. The third-order valence-electron chi connectivity index (χ3n) is 6.48. The number of carbonyl (C=O) groups is 1. The fourth-order valence-corrected chi connectivity index (χ4v) is 4.46. The van der Waals surface area contributed by atoms with Gasteiger partial charge in [-0.3, -0.25) is 4.79 Å². The van der Waals surface area contributed by atoms with Crippen LogP contribution >= 0.6 is 0 Å². The van der Waals surface area contributed by atoms with Gasteiger partial charge in [-0.2, -0.15) is 0 Å². The van der Waals surface area contributed by atoms with Crippen molar-refractivity contribution in [1.82, 2.24) is 14.9 Å². The Hall–Kier alpha value is -4.06. The number of para-hydroxylation sites is 3. The summed E-state index contributed by atoms with van der Waals surface area (Å²) in [5, 5.41) is 2.97. The SMILES string of the molecule is C=CCc1ccccc1OCCCCn1c(CCNC(=O)COc2cc(C)ccc2C)nc2ccccc21. The van der Waals surface area contributed by atoms with Crippen molar-refractivity contribution in [1.29, 1.82) is 0 Å². The van der Waals surface area contributed by atoms with E-state index >= 15 is 0 Å². The number of ether oxygens (including phenoxy) is 2. The van der Waals surface area contributed by atoms with Crippen molar-refractivity contribution >= 4 is 16.9 Å². The topological polar surface area (TPSA) is 65.4 Å². The second-order valence-electron chi connectivity index (χ2n) is 9.48. The number of rotatable bonds is 14. The van der Waals surface area contributed by atoms with Crippen LogP contribution in [0, 0.1) is 13.8 Å². The summed E-state index contributed by atoms with van der Waals surface area (Å²) in [6.07, 6.45) is 5.24. The van der Waals surface area contributed by atoms with Crippen molar-refractivity contribution in [2.75, 3.05) is 19.8 Å². The van der Waals surface area contributed by atoms with Crippen LogP contribution in [-0.2, 0) is 24.2 Å². The van der Waals surface area contributed by atoms with Gasteiger partial charge in [0.15, 0.2) is 6.61 Å². The van der Waals surface area contributed by atoms with E-state index in [1.54, 1.807) is 0 Å². The molecular formula is C32H37N3O3. The minimum atomic E-state index is -0.137. The van der Waals surface area contributed by atoms with Gasteiger partial charge in [0.25, 0.3) is 5.91 Å². The van der Waals surface area contributed by atoms with E-state index in [2.05, 4.69) is 28.6 Å². The first-order valence-corrected chi connectivity index (χ1v) is 13.3. The highest BCUT2D eigenvalue weighted by molar-refractivity contribution is 5.78. The van der Waals surface area contributed by atoms with Crippen molar-refractivity contribution in [3.63, 3.8) is 0 Å². The summed E-state index contributed by atoms with van der Waals surface area (Å²) < 4.78 is 14.1. The number of hydrogen-bond donors (Lipinski definition) is 1. The fraction of sp³-hybridized carbons (Fsp3) is 0.312. The van der Waals surface area contributed by atoms with Crippen molar-refractivity contribution in [3.05, 3.63) is 102 Å². The first-order chi connectivity index (χ1) is 18.5. The van der Waals surface area contributed by atoms with Crippen LogP contribution in [0.4, 0.5) is 0 Å². The lowest BCUT2D eigenvalue weighted by Crippen LogP contribution is -2.31. The molecule has 1 heterocycles. The molecule has 4 aromatic rings. The van der Waals surface area contributed by atoms with Gasteiger partial charge in [0, 0.05) is 19.5 Å². The van der Waals surface area contributed by atoms with Crippen LogP contribution in [0.15, 0.2) is 79.4 Å². The van der Waals surface area contributed by atoms with E-state index in [1.807, 2.05) is 74.5 Å². The normalized spacial score (nSPS) is 10.9. The van der Waals surface area contributed by atoms with E-state index in [-0.39, 0.29) is 12.5 Å². The maximum atomic E-state index is 12.4. The minimum absolute atomic E-state index is 0.00334. The average molecular weight is 512 g/mol. The number of nitrogens with zero attached hydrogens (tertiary/aromatic N) is 2. The van der Waals surface area contributed by atoms with Gasteiger partial charge in [-0.1, -0.05) is 48.5 Å². The first-order valence-electron chi connectivity index (χ1n) is 13.3. The molecule has 0 radical (unpaired) electrons. The molecule has 38 heavy (non-hydrogen) atoms. The molecule has 0 unspecified atom stereocenters. The standard InChI is InChI=1S/C32H37N3O3/c1-4-11-26-12-5-8-15-29(26)37-21-10-9-20-35-28-14-7-6-13-27(28)34-31(35)18-19-33-32(36)23-38-30-22-24(2)16-17-25(30)3/h4-8,12-17,22H,1,9-11,18-21,23H2,2-3H3,(H,33,36). The lowest BCUT2D eigenvalue weighted by Gasteiger charge is -2.12. The van der Waals surface area contributed by atoms with Crippen LogP contribution in [0.1, 0.15) is 35.4 Å². The van der Waals surface area contributed by atoms with Gasteiger partial charge in [0.05, 0.1) is 17.6 Å². The van der Waals surface area contributed by atoms with Gasteiger partial charge in [-0.25, -0.2) is 4.98 Å². The molecule has 6 heteroatoms. The molecule has 0 saturated carbocycles. The number of unbranched alkanes of at least 4 members (excludes halogenated alkanes) is 1. The Morgan fingerprint density at radius 1 is 1.00 bits per heavy atom. The number of aromatic nitrogens is 2. The number of hydrogen-bond acceptors (Lipinski definition) is 4. The van der Waals surface area contributed by atoms with Crippen LogP contribution in [0.2, 0.25) is 0 Å². The van der Waals surface area contributed by atoms with Crippen LogP contribution < -0.4 is 14.8 Å². The maximum absolute atomic E-state index is 12.4. The number of allylic oxidation sites excluding steroid dienone is 1. The molecule has 0 atom stereocenters. The lowest BCUT2D eigenvalue weighted by atomic mass is 10.1. The van der Waals surface area contributed by atoms with E-state index in [1.165, 1.54) is 0 Å². The van der Waals surface area contributed by atoms with Crippen molar-refractivity contribution < 1.29 is 14.3 Å². The number of amides is 1. The van der Waals surface area contributed by atoms with Crippen molar-refractivity contribution in [2.24, 2.45) is 0 Å². The largest absolute Gasteiger partial charge is 0.493 e. The third kappa shape index (κ3) is 7.25. The summed E-state index contributed by atoms with van der Waals surface area (Å²) >= 11 is 0. The molecule has 0 saturated heterocycles. The number of fused-ring (bicyclic) bond motifs is 1. The van der Waals surface area contributed by atoms with E-state index in [9.17, 15) is 4.79 Å². The number of carbonyl (C=O) groups excluding carboxylic acids is 1. The Balaban J connectivity index is 1.28. The summed E-state index contributed by atoms with van der Waals surface area (Å²) in [6, 6.07) is 22.3. The molecule has 4 rings (SSSR count). The molecule has 0 aliphatic rings. The monoisotopic (exact) mass is 511 g/mol. The highest BCUT2D eigenvalue weighted by Crippen LogP contribution is 2.21. The summed E-state index contributed by atoms with van der Waals surface area (Å²) in [5.74, 6) is 2.51. The molecular weight excluding hydrogens is 474 g/mol. The first kappa shape index (κ1) is 27.0. The Kier molecular flexibility index (Phi) is 9.57. The molecule has 3 aromatic carbocycles. The summed E-state index contributed by atoms with van der Waals surface area (Å²) in [6.45, 7) is 9.82. The third-order valence-corrected chi connectivity index (χ3v) is 6.48. The highest BCUT2D eigenvalue weighted by atomic mass is 16.5. The maximum Gasteiger partial charge on any atom is 0.257 e. The summed E-state index contributed by atoms with van der Waals surface area (Å²) in [7, 11) is 0. The van der Waals surface area contributed by atoms with Crippen molar-refractivity contribution in [3.8, 4) is 11.5 Å². The second kappa shape index (κ2) is 13.5. The molecule has 1 N–H and O–H groups in total. The van der Waals surface area contributed by atoms with Gasteiger partial charge in [0.2, 0.25) is 0 Å². The predicted molar refractivity (Wildman–Crippen MR) is 153 cm³/mol. The van der Waals surface area contributed by atoms with E-state index in [4.69, 9.17) is 14.5 Å². The Bertz CT molecular complexity index is 1380. The minimum Gasteiger partial charge on any atom is -0.493 e. The molecule has 6 nitrogen and oxygen atoms in total. The number of benzene rings is 3. The molecule has 198 valence electrons. The zero-order valence-electron chi connectivity index (χ0n) is 22.4. The molecule has 0 bridgehead atoms. The van der Waals surface area contributed by atoms with Gasteiger partial charge in [-0.05, 0) is 74.1 Å². The van der Waals surface area contributed by atoms with E-state index < -0.39 is 0 Å². The highest BCUT2D eigenvalue weighted by Gasteiger charge is 2.12. The second-order valence-corrected chi connectivity index (χ2v) is 9.48. The van der Waals surface area contributed by atoms with Crippen LogP contribution in [0.25, 0.3) is 11.0 Å². The Labute approximate surface area is 225 Å². The van der Waals surface area contributed by atoms with Crippen LogP contribution in [0.5, 0.6) is 11.5 Å². The van der Waals surface area contributed by atoms with Gasteiger partial charge in [-0.15, -0.1) is 6.58 Å². The number of imidazole rings is 1. The van der Waals surface area contributed by atoms with Crippen LogP contribution in [-0.4, -0.2) is 35.2 Å².